The molecule has 0 atom stereocenters. The highest BCUT2D eigenvalue weighted by Gasteiger charge is 2.25. The van der Waals surface area contributed by atoms with Gasteiger partial charge in [-0.2, -0.15) is 0 Å². The summed E-state index contributed by atoms with van der Waals surface area (Å²) >= 11 is 0. The second-order valence-electron chi connectivity index (χ2n) is 7.20. The van der Waals surface area contributed by atoms with Gasteiger partial charge in [-0.1, -0.05) is 12.6 Å². The molecule has 2 N–H and O–H groups in total. The number of hydrogen-bond acceptors (Lipinski definition) is 5. The lowest BCUT2D eigenvalue weighted by atomic mass is 9.96. The number of fused-ring (bicyclic) bond motifs is 1. The second-order valence-corrected chi connectivity index (χ2v) is 7.20. The van der Waals surface area contributed by atoms with Crippen LogP contribution in [0.25, 0.3) is 16.8 Å². The third kappa shape index (κ3) is 3.93. The van der Waals surface area contributed by atoms with Gasteiger partial charge in [-0.15, -0.1) is 4.68 Å². The largest absolute Gasteiger partial charge is 0.398 e. The Bertz CT molecular complexity index is 1240. The van der Waals surface area contributed by atoms with E-state index >= 15 is 0 Å². The van der Waals surface area contributed by atoms with Crippen LogP contribution in [-0.2, 0) is 11.2 Å². The number of amides is 2. The monoisotopic (exact) mass is 417 g/mol. The number of nitrogens with one attached hydrogen (secondary N) is 2. The predicted octanol–water partition coefficient (Wildman–Crippen LogP) is 3.17. The van der Waals surface area contributed by atoms with E-state index in [1.165, 1.54) is 4.68 Å². The molecule has 0 saturated carbocycles. The van der Waals surface area contributed by atoms with E-state index < -0.39 is 4.92 Å². The zero-order valence-corrected chi connectivity index (χ0v) is 16.7. The van der Waals surface area contributed by atoms with Crippen molar-refractivity contribution in [3.8, 4) is 16.8 Å². The molecule has 1 aromatic heterocycles. The van der Waals surface area contributed by atoms with Crippen LogP contribution in [0.3, 0.4) is 0 Å². The number of aryl methyl sites for hydroxylation is 1. The lowest BCUT2D eigenvalue weighted by Gasteiger charge is -2.16. The van der Waals surface area contributed by atoms with Gasteiger partial charge in [-0.3, -0.25) is 9.59 Å². The predicted molar refractivity (Wildman–Crippen MR) is 115 cm³/mol. The molecular weight excluding hydrogens is 398 g/mol. The van der Waals surface area contributed by atoms with Crippen molar-refractivity contribution in [2.75, 3.05) is 11.9 Å². The van der Waals surface area contributed by atoms with Gasteiger partial charge >= 0.3 is 5.82 Å². The Kier molecular flexibility index (Phi) is 5.08. The minimum Gasteiger partial charge on any atom is -0.358 e. The van der Waals surface area contributed by atoms with Crippen LogP contribution in [0.5, 0.6) is 0 Å². The minimum absolute atomic E-state index is 0.146. The number of aromatic nitrogens is 2. The molecule has 0 spiro atoms. The Hall–Kier alpha value is -4.27. The molecule has 0 bridgehead atoms. The van der Waals surface area contributed by atoms with E-state index in [9.17, 15) is 19.7 Å². The Balaban J connectivity index is 1.79. The molecule has 2 heterocycles. The summed E-state index contributed by atoms with van der Waals surface area (Å²) in [5.74, 6) is -0.799. The molecule has 0 radical (unpaired) electrons. The van der Waals surface area contributed by atoms with Gasteiger partial charge < -0.3 is 20.7 Å². The van der Waals surface area contributed by atoms with Crippen LogP contribution in [0.2, 0.25) is 0 Å². The molecule has 0 fully saturated rings. The van der Waals surface area contributed by atoms with Crippen molar-refractivity contribution in [1.82, 2.24) is 15.1 Å². The van der Waals surface area contributed by atoms with Crippen LogP contribution in [0.15, 0.2) is 55.3 Å². The smallest absolute Gasteiger partial charge is 0.358 e. The average molecular weight is 417 g/mol. The fraction of sp³-hybridized carbons (Fsp3) is 0.136. The first kappa shape index (κ1) is 20.0. The number of anilines is 1. The standard InChI is InChI=1S/C22H19N5O4/c1-3-20(28)24-16-8-13(2)9-17(11-16)26-12-19(21(25-26)27(30)31)14-4-5-18-15(10-14)6-7-23-22(18)29/h3-5,8-12H,1,6-7H2,2H3,(H,23,29)(H,24,28). The van der Waals surface area contributed by atoms with Gasteiger partial charge in [0.2, 0.25) is 5.91 Å². The zero-order chi connectivity index (χ0) is 22.1. The minimum atomic E-state index is -0.534. The Morgan fingerprint density at radius 3 is 2.84 bits per heavy atom. The molecule has 3 aromatic rings. The third-order valence-corrected chi connectivity index (χ3v) is 4.99. The SMILES string of the molecule is C=CC(=O)Nc1cc(C)cc(-n2cc(-c3ccc4c(c3)CCNC4=O)c([N+](=O)[O-])n2)c1. The molecule has 1 aliphatic rings. The first-order valence-corrected chi connectivity index (χ1v) is 9.57. The summed E-state index contributed by atoms with van der Waals surface area (Å²) in [6, 6.07) is 10.4. The normalized spacial score (nSPS) is 12.6. The van der Waals surface area contributed by atoms with Gasteiger partial charge in [0.05, 0.1) is 17.0 Å². The summed E-state index contributed by atoms with van der Waals surface area (Å²) in [5.41, 5.74) is 4.30. The number of nitro groups is 1. The van der Waals surface area contributed by atoms with Crippen LogP contribution in [0.1, 0.15) is 21.5 Å². The highest BCUT2D eigenvalue weighted by molar-refractivity contribution is 5.99. The third-order valence-electron chi connectivity index (χ3n) is 4.99. The molecular formula is C22H19N5O4. The second kappa shape index (κ2) is 7.86. The molecule has 9 heteroatoms. The lowest BCUT2D eigenvalue weighted by Crippen LogP contribution is -2.31. The van der Waals surface area contributed by atoms with Crippen LogP contribution < -0.4 is 10.6 Å². The van der Waals surface area contributed by atoms with E-state index in [0.29, 0.717) is 41.0 Å². The van der Waals surface area contributed by atoms with E-state index in [1.54, 1.807) is 42.6 Å². The molecule has 9 nitrogen and oxygen atoms in total. The fourth-order valence-electron chi connectivity index (χ4n) is 3.59. The van der Waals surface area contributed by atoms with Crippen molar-refractivity contribution in [2.24, 2.45) is 0 Å². The Morgan fingerprint density at radius 2 is 2.10 bits per heavy atom. The van der Waals surface area contributed by atoms with Gasteiger partial charge in [0, 0.05) is 17.8 Å². The molecule has 2 aromatic carbocycles. The lowest BCUT2D eigenvalue weighted by molar-refractivity contribution is -0.389. The van der Waals surface area contributed by atoms with Crippen LogP contribution in [0.4, 0.5) is 11.5 Å². The molecule has 4 rings (SSSR count). The van der Waals surface area contributed by atoms with Crippen molar-refractivity contribution >= 4 is 23.3 Å². The van der Waals surface area contributed by atoms with E-state index in [-0.39, 0.29) is 17.6 Å². The number of carbonyl (C=O) groups excluding carboxylic acids is 2. The molecule has 2 amide bonds. The summed E-state index contributed by atoms with van der Waals surface area (Å²) in [4.78, 5) is 34.8. The van der Waals surface area contributed by atoms with Crippen molar-refractivity contribution in [1.29, 1.82) is 0 Å². The van der Waals surface area contributed by atoms with Crippen LogP contribution in [-0.4, -0.2) is 33.1 Å². The van der Waals surface area contributed by atoms with Crippen LogP contribution >= 0.6 is 0 Å². The van der Waals surface area contributed by atoms with Gasteiger partial charge in [0.25, 0.3) is 5.91 Å². The van der Waals surface area contributed by atoms with Crippen molar-refractivity contribution < 1.29 is 14.5 Å². The summed E-state index contributed by atoms with van der Waals surface area (Å²) in [6.45, 7) is 5.81. The fourth-order valence-corrected chi connectivity index (χ4v) is 3.59. The average Bonchev–Trinajstić information content (AvgIpc) is 3.19. The van der Waals surface area contributed by atoms with E-state index in [2.05, 4.69) is 22.3 Å². The molecule has 156 valence electrons. The quantitative estimate of drug-likeness (QED) is 0.375. The van der Waals surface area contributed by atoms with Gasteiger partial charge in [-0.05, 0) is 71.4 Å². The topological polar surface area (TPSA) is 119 Å². The van der Waals surface area contributed by atoms with Crippen molar-refractivity contribution in [3.63, 3.8) is 0 Å². The van der Waals surface area contributed by atoms with Gasteiger partial charge in [-0.25, -0.2) is 0 Å². The summed E-state index contributed by atoms with van der Waals surface area (Å²) in [6.07, 6.45) is 3.40. The highest BCUT2D eigenvalue weighted by Crippen LogP contribution is 2.32. The first-order chi connectivity index (χ1) is 14.9. The first-order valence-electron chi connectivity index (χ1n) is 9.57. The maximum absolute atomic E-state index is 12.0. The summed E-state index contributed by atoms with van der Waals surface area (Å²) < 4.78 is 1.41. The maximum atomic E-state index is 12.0. The van der Waals surface area contributed by atoms with E-state index in [1.807, 2.05) is 6.92 Å². The maximum Gasteiger partial charge on any atom is 0.398 e. The van der Waals surface area contributed by atoms with Crippen LogP contribution in [0, 0.1) is 17.0 Å². The summed E-state index contributed by atoms with van der Waals surface area (Å²) in [7, 11) is 0. The molecule has 31 heavy (non-hydrogen) atoms. The molecule has 1 aliphatic heterocycles. The highest BCUT2D eigenvalue weighted by atomic mass is 16.6. The van der Waals surface area contributed by atoms with Gasteiger partial charge in [0.15, 0.2) is 0 Å². The van der Waals surface area contributed by atoms with Gasteiger partial charge in [0.1, 0.15) is 5.56 Å². The number of hydrogen-bond donors (Lipinski definition) is 2. The molecule has 0 unspecified atom stereocenters. The Labute approximate surface area is 177 Å². The molecule has 0 saturated heterocycles. The molecule has 0 aliphatic carbocycles. The summed E-state index contributed by atoms with van der Waals surface area (Å²) in [5, 5.41) is 21.3. The van der Waals surface area contributed by atoms with Crippen molar-refractivity contribution in [2.45, 2.75) is 13.3 Å². The van der Waals surface area contributed by atoms with E-state index in [4.69, 9.17) is 0 Å². The zero-order valence-electron chi connectivity index (χ0n) is 16.7. The number of nitrogens with zero attached hydrogens (tertiary/aromatic N) is 3. The van der Waals surface area contributed by atoms with Crippen molar-refractivity contribution in [3.05, 3.63) is 82.1 Å². The van der Waals surface area contributed by atoms with E-state index in [0.717, 1.165) is 17.2 Å². The number of carbonyl (C=O) groups is 2. The number of benzene rings is 2. The number of rotatable bonds is 5. The Morgan fingerprint density at radius 1 is 1.29 bits per heavy atom.